The van der Waals surface area contributed by atoms with Gasteiger partial charge in [0.25, 0.3) is 0 Å². The van der Waals surface area contributed by atoms with Crippen LogP contribution in [0.25, 0.3) is 0 Å². The summed E-state index contributed by atoms with van der Waals surface area (Å²) in [5.41, 5.74) is 0. The van der Waals surface area contributed by atoms with Crippen molar-refractivity contribution < 1.29 is 37.8 Å². The molecule has 0 aromatic rings. The first-order valence-corrected chi connectivity index (χ1v) is 8.09. The maximum Gasteiger partial charge on any atom is 0.374 e. The Balaban J connectivity index is 5.90. The third-order valence-corrected chi connectivity index (χ3v) is 4.17. The molecule has 0 rings (SSSR count). The standard InChI is InChI=1S/C12H21O8P/c1-5-17-11(14)9(13)10(12(15)18-6-2)21(16,19-7-3)20-8-4/h13H,5-8H2,1-4H3. The minimum Gasteiger partial charge on any atom is -0.501 e. The molecule has 1 N–H and O–H groups in total. The van der Waals surface area contributed by atoms with Crippen molar-refractivity contribution in [3.8, 4) is 0 Å². The molecule has 0 radical (unpaired) electrons. The number of aliphatic hydroxyl groups excluding tert-OH is 1. The molecule has 9 heteroatoms. The van der Waals surface area contributed by atoms with Gasteiger partial charge in [0.15, 0.2) is 5.31 Å². The Hall–Kier alpha value is -1.37. The van der Waals surface area contributed by atoms with Crippen molar-refractivity contribution in [3.63, 3.8) is 0 Å². The van der Waals surface area contributed by atoms with Gasteiger partial charge in [-0.2, -0.15) is 0 Å². The SMILES string of the molecule is CCOC(=O)C(O)=C(C(=O)OCC)P(=O)(OCC)OCC. The Morgan fingerprint density at radius 2 is 1.29 bits per heavy atom. The van der Waals surface area contributed by atoms with E-state index in [4.69, 9.17) is 13.8 Å². The second-order valence-electron chi connectivity index (χ2n) is 3.47. The van der Waals surface area contributed by atoms with Crippen LogP contribution >= 0.6 is 7.60 Å². The zero-order chi connectivity index (χ0) is 16.5. The summed E-state index contributed by atoms with van der Waals surface area (Å²) in [6, 6.07) is 0. The van der Waals surface area contributed by atoms with E-state index >= 15 is 0 Å². The summed E-state index contributed by atoms with van der Waals surface area (Å²) in [5, 5.41) is 9.01. The van der Waals surface area contributed by atoms with E-state index in [1.165, 1.54) is 27.7 Å². The van der Waals surface area contributed by atoms with Crippen molar-refractivity contribution in [2.45, 2.75) is 27.7 Å². The number of carbonyl (C=O) groups is 2. The van der Waals surface area contributed by atoms with Crippen LogP contribution < -0.4 is 0 Å². The van der Waals surface area contributed by atoms with Gasteiger partial charge in [0.2, 0.25) is 5.76 Å². The molecule has 0 aromatic heterocycles. The van der Waals surface area contributed by atoms with Gasteiger partial charge in [0.05, 0.1) is 26.4 Å². The zero-order valence-corrected chi connectivity index (χ0v) is 13.5. The zero-order valence-electron chi connectivity index (χ0n) is 12.6. The lowest BCUT2D eigenvalue weighted by atomic mass is 10.4. The molecule has 0 bridgehead atoms. The quantitative estimate of drug-likeness (QED) is 0.297. The van der Waals surface area contributed by atoms with Crippen LogP contribution in [0.15, 0.2) is 11.1 Å². The number of aliphatic hydroxyl groups is 1. The summed E-state index contributed by atoms with van der Waals surface area (Å²) in [5.74, 6) is -3.51. The van der Waals surface area contributed by atoms with Crippen LogP contribution in [-0.2, 0) is 32.7 Å². The fourth-order valence-corrected chi connectivity index (χ4v) is 2.99. The molecule has 0 heterocycles. The van der Waals surface area contributed by atoms with E-state index in [-0.39, 0.29) is 26.4 Å². The molecular weight excluding hydrogens is 303 g/mol. The van der Waals surface area contributed by atoms with Gasteiger partial charge >= 0.3 is 19.5 Å². The van der Waals surface area contributed by atoms with Gasteiger partial charge in [-0.25, -0.2) is 9.59 Å². The maximum absolute atomic E-state index is 12.6. The second-order valence-corrected chi connectivity index (χ2v) is 5.43. The number of carbonyl (C=O) groups excluding carboxylic acids is 2. The Morgan fingerprint density at radius 1 is 0.857 bits per heavy atom. The van der Waals surface area contributed by atoms with Gasteiger partial charge in [0.1, 0.15) is 0 Å². The lowest BCUT2D eigenvalue weighted by Crippen LogP contribution is -2.18. The molecule has 0 amide bonds. The normalized spacial score (nSPS) is 12.6. The number of esters is 2. The van der Waals surface area contributed by atoms with Gasteiger partial charge in [-0.15, -0.1) is 0 Å². The molecule has 122 valence electrons. The highest BCUT2D eigenvalue weighted by Crippen LogP contribution is 2.57. The van der Waals surface area contributed by atoms with Crippen molar-refractivity contribution in [2.24, 2.45) is 0 Å². The maximum atomic E-state index is 12.6. The van der Waals surface area contributed by atoms with Crippen LogP contribution in [-0.4, -0.2) is 43.5 Å². The first-order chi connectivity index (χ1) is 9.87. The molecule has 0 aromatic carbocycles. The Kier molecular flexibility index (Phi) is 8.92. The summed E-state index contributed by atoms with van der Waals surface area (Å²) in [6.45, 7) is 5.88. The minimum atomic E-state index is -4.19. The van der Waals surface area contributed by atoms with Crippen LogP contribution in [0.2, 0.25) is 0 Å². The van der Waals surface area contributed by atoms with E-state index in [1.54, 1.807) is 0 Å². The van der Waals surface area contributed by atoms with Gasteiger partial charge in [0, 0.05) is 0 Å². The monoisotopic (exact) mass is 324 g/mol. The van der Waals surface area contributed by atoms with Crippen molar-refractivity contribution >= 4 is 19.5 Å². The molecule has 0 fully saturated rings. The van der Waals surface area contributed by atoms with Crippen LogP contribution in [0.5, 0.6) is 0 Å². The molecule has 0 aliphatic heterocycles. The van der Waals surface area contributed by atoms with Crippen molar-refractivity contribution in [3.05, 3.63) is 11.1 Å². The summed E-state index contributed by atoms with van der Waals surface area (Å²) in [7, 11) is -4.19. The first-order valence-electron chi connectivity index (χ1n) is 6.54. The van der Waals surface area contributed by atoms with E-state index in [1.807, 2.05) is 0 Å². The summed E-state index contributed by atoms with van der Waals surface area (Å²) in [6.07, 6.45) is 0. The Morgan fingerprint density at radius 3 is 1.67 bits per heavy atom. The highest BCUT2D eigenvalue weighted by atomic mass is 31.2. The molecule has 0 aliphatic carbocycles. The molecule has 0 atom stereocenters. The third-order valence-electron chi connectivity index (χ3n) is 2.03. The summed E-state index contributed by atoms with van der Waals surface area (Å²) < 4.78 is 31.8. The van der Waals surface area contributed by atoms with E-state index < -0.39 is 30.6 Å². The lowest BCUT2D eigenvalue weighted by molar-refractivity contribution is -0.144. The van der Waals surface area contributed by atoms with Gasteiger partial charge < -0.3 is 23.6 Å². The van der Waals surface area contributed by atoms with Gasteiger partial charge in [-0.3, -0.25) is 4.57 Å². The molecule has 0 saturated heterocycles. The summed E-state index contributed by atoms with van der Waals surface area (Å²) >= 11 is 0. The van der Waals surface area contributed by atoms with Crippen molar-refractivity contribution in [1.29, 1.82) is 0 Å². The smallest absolute Gasteiger partial charge is 0.374 e. The van der Waals surface area contributed by atoms with Gasteiger partial charge in [-0.1, -0.05) is 0 Å². The van der Waals surface area contributed by atoms with E-state index in [9.17, 15) is 19.3 Å². The number of rotatable bonds is 9. The van der Waals surface area contributed by atoms with Gasteiger partial charge in [-0.05, 0) is 27.7 Å². The number of hydrogen-bond donors (Lipinski definition) is 1. The second kappa shape index (κ2) is 9.55. The van der Waals surface area contributed by atoms with Crippen molar-refractivity contribution in [2.75, 3.05) is 26.4 Å². The Labute approximate surface area is 123 Å². The first kappa shape index (κ1) is 19.6. The minimum absolute atomic E-state index is 0.0351. The van der Waals surface area contributed by atoms with Crippen LogP contribution in [0, 0.1) is 0 Å². The predicted octanol–water partition coefficient (Wildman–Crippen LogP) is 2.15. The molecule has 0 unspecified atom stereocenters. The fraction of sp³-hybridized carbons (Fsp3) is 0.667. The number of ether oxygens (including phenoxy) is 2. The molecule has 0 saturated carbocycles. The highest BCUT2D eigenvalue weighted by Gasteiger charge is 2.41. The average molecular weight is 324 g/mol. The fourth-order valence-electron chi connectivity index (χ4n) is 1.34. The van der Waals surface area contributed by atoms with E-state index in [0.717, 1.165) is 0 Å². The van der Waals surface area contributed by atoms with E-state index in [2.05, 4.69) is 4.74 Å². The molecule has 0 aliphatic rings. The average Bonchev–Trinajstić information content (AvgIpc) is 2.39. The molecule has 21 heavy (non-hydrogen) atoms. The van der Waals surface area contributed by atoms with Crippen molar-refractivity contribution in [1.82, 2.24) is 0 Å². The summed E-state index contributed by atoms with van der Waals surface area (Å²) in [4.78, 5) is 23.5. The van der Waals surface area contributed by atoms with Crippen LogP contribution in [0.1, 0.15) is 27.7 Å². The highest BCUT2D eigenvalue weighted by molar-refractivity contribution is 7.60. The Bertz CT molecular complexity index is 433. The predicted molar refractivity (Wildman–Crippen MR) is 73.8 cm³/mol. The topological polar surface area (TPSA) is 108 Å². The van der Waals surface area contributed by atoms with E-state index in [0.29, 0.717) is 0 Å². The third kappa shape index (κ3) is 5.49. The van der Waals surface area contributed by atoms with Crippen LogP contribution in [0.3, 0.4) is 0 Å². The van der Waals surface area contributed by atoms with Crippen LogP contribution in [0.4, 0.5) is 0 Å². The molecule has 8 nitrogen and oxygen atoms in total. The molecule has 0 spiro atoms. The number of hydrogen-bond acceptors (Lipinski definition) is 8. The lowest BCUT2D eigenvalue weighted by Gasteiger charge is -2.19. The largest absolute Gasteiger partial charge is 0.501 e. The molecular formula is C12H21O8P.